The zero-order chi connectivity index (χ0) is 39.9. The Balaban J connectivity index is 1.41. The largest absolute Gasteiger partial charge is 0.464 e. The van der Waals surface area contributed by atoms with E-state index in [0.717, 1.165) is 0 Å². The maximum atomic E-state index is 13.6. The second-order valence-corrected chi connectivity index (χ2v) is 14.2. The minimum absolute atomic E-state index is 0.263. The molecule has 0 radical (unpaired) electrons. The molecule has 0 unspecified atom stereocenters. The third-order valence-corrected chi connectivity index (χ3v) is 8.30. The van der Waals surface area contributed by atoms with Gasteiger partial charge >= 0.3 is 35.8 Å². The summed E-state index contributed by atoms with van der Waals surface area (Å²) in [6.07, 6.45) is 0. The van der Waals surface area contributed by atoms with E-state index in [1.165, 1.54) is 13.8 Å². The van der Waals surface area contributed by atoms with Crippen LogP contribution in [-0.4, -0.2) is 75.5 Å². The first kappa shape index (κ1) is 41.5. The second-order valence-electron chi connectivity index (χ2n) is 14.2. The Morgan fingerprint density at radius 2 is 0.564 bits per heavy atom. The first-order valence-corrected chi connectivity index (χ1v) is 17.4. The van der Waals surface area contributed by atoms with Crippen LogP contribution in [-0.2, 0) is 38.0 Å². The van der Waals surface area contributed by atoms with E-state index >= 15 is 0 Å². The van der Waals surface area contributed by atoms with Gasteiger partial charge in [-0.3, -0.25) is 9.59 Å². The number of rotatable bonds is 18. The van der Waals surface area contributed by atoms with Gasteiger partial charge in [0.05, 0.1) is 35.5 Å². The molecule has 12 nitrogen and oxygen atoms in total. The fourth-order valence-electron chi connectivity index (χ4n) is 4.76. The molecule has 12 heteroatoms. The fraction of sp³-hybridized carbons (Fsp3) is 0.302. The standard InChI is InChI=1S/C43H44O12/c1-41(2,25-54-39(48)42(3,27-50-35(44)31-17-9-5-10-18-31)28-51-36(45)32-19-11-6-12-20-32)26-55-40(49)43(4,29-52-37(46)33-21-13-7-14-22-33)30-53-38(47)34-23-15-8-16-24-34/h5-24H,25-30H2,1-4H3. The molecule has 0 aliphatic carbocycles. The van der Waals surface area contributed by atoms with Crippen LogP contribution in [0.3, 0.4) is 0 Å². The molecular formula is C43H44O12. The summed E-state index contributed by atoms with van der Waals surface area (Å²) in [6.45, 7) is 3.81. The Hall–Kier alpha value is -6.30. The normalized spacial score (nSPS) is 11.4. The summed E-state index contributed by atoms with van der Waals surface area (Å²) in [5.41, 5.74) is -3.16. The highest BCUT2D eigenvalue weighted by molar-refractivity contribution is 5.91. The molecule has 4 rings (SSSR count). The summed E-state index contributed by atoms with van der Waals surface area (Å²) in [4.78, 5) is 78.2. The SMILES string of the molecule is CC(C)(COC(=O)C(C)(COC(=O)c1ccccc1)COC(=O)c1ccccc1)COC(=O)C(C)(COC(=O)c1ccccc1)COC(=O)c1ccccc1. The van der Waals surface area contributed by atoms with Crippen LogP contribution in [0.4, 0.5) is 0 Å². The van der Waals surface area contributed by atoms with Crippen molar-refractivity contribution >= 4 is 35.8 Å². The topological polar surface area (TPSA) is 158 Å². The van der Waals surface area contributed by atoms with Gasteiger partial charge < -0.3 is 28.4 Å². The molecule has 0 N–H and O–H groups in total. The number of esters is 6. The monoisotopic (exact) mass is 752 g/mol. The van der Waals surface area contributed by atoms with Gasteiger partial charge in [0.15, 0.2) is 0 Å². The number of carbonyl (C=O) groups is 6. The Labute approximate surface area is 319 Å². The number of carbonyl (C=O) groups excluding carboxylic acids is 6. The molecular weight excluding hydrogens is 708 g/mol. The fourth-order valence-corrected chi connectivity index (χ4v) is 4.76. The molecule has 0 saturated heterocycles. The molecule has 0 amide bonds. The van der Waals surface area contributed by atoms with Crippen molar-refractivity contribution in [2.24, 2.45) is 16.2 Å². The highest BCUT2D eigenvalue weighted by Gasteiger charge is 2.42. The minimum atomic E-state index is -1.62. The van der Waals surface area contributed by atoms with E-state index in [9.17, 15) is 28.8 Å². The summed E-state index contributed by atoms with van der Waals surface area (Å²) in [6, 6.07) is 32.7. The number of ether oxygens (including phenoxy) is 6. The first-order valence-electron chi connectivity index (χ1n) is 17.4. The third kappa shape index (κ3) is 12.4. The zero-order valence-electron chi connectivity index (χ0n) is 31.2. The van der Waals surface area contributed by atoms with Gasteiger partial charge in [-0.25, -0.2) is 19.2 Å². The summed E-state index contributed by atoms with van der Waals surface area (Å²) in [5.74, 6) is -4.42. The highest BCUT2D eigenvalue weighted by Crippen LogP contribution is 2.27. The van der Waals surface area contributed by atoms with Gasteiger partial charge in [0.1, 0.15) is 37.3 Å². The Morgan fingerprint density at radius 3 is 0.782 bits per heavy atom. The zero-order valence-corrected chi connectivity index (χ0v) is 31.2. The van der Waals surface area contributed by atoms with E-state index in [4.69, 9.17) is 28.4 Å². The predicted molar refractivity (Wildman–Crippen MR) is 199 cm³/mol. The maximum absolute atomic E-state index is 13.6. The second kappa shape index (κ2) is 19.2. The lowest BCUT2D eigenvalue weighted by atomic mass is 9.91. The van der Waals surface area contributed by atoms with Crippen LogP contribution in [0.25, 0.3) is 0 Å². The van der Waals surface area contributed by atoms with Crippen LogP contribution < -0.4 is 0 Å². The molecule has 0 fully saturated rings. The van der Waals surface area contributed by atoms with Crippen LogP contribution in [0.5, 0.6) is 0 Å². The molecule has 0 aliphatic rings. The van der Waals surface area contributed by atoms with Gasteiger partial charge in [-0.05, 0) is 62.4 Å². The van der Waals surface area contributed by atoms with Crippen LogP contribution >= 0.6 is 0 Å². The van der Waals surface area contributed by atoms with Crippen molar-refractivity contribution in [1.82, 2.24) is 0 Å². The van der Waals surface area contributed by atoms with Gasteiger partial charge in [-0.15, -0.1) is 0 Å². The van der Waals surface area contributed by atoms with Crippen molar-refractivity contribution in [3.8, 4) is 0 Å². The van der Waals surface area contributed by atoms with Crippen molar-refractivity contribution < 1.29 is 57.2 Å². The van der Waals surface area contributed by atoms with Gasteiger partial charge in [0.25, 0.3) is 0 Å². The quantitative estimate of drug-likeness (QED) is 0.0800. The number of benzene rings is 4. The first-order chi connectivity index (χ1) is 26.2. The van der Waals surface area contributed by atoms with E-state index in [0.29, 0.717) is 0 Å². The molecule has 4 aromatic carbocycles. The Kier molecular flexibility index (Phi) is 14.4. The van der Waals surface area contributed by atoms with E-state index in [-0.39, 0.29) is 35.5 Å². The average molecular weight is 753 g/mol. The molecule has 0 spiro atoms. The molecule has 0 aromatic heterocycles. The molecule has 4 aromatic rings. The lowest BCUT2D eigenvalue weighted by Gasteiger charge is -2.31. The summed E-state index contributed by atoms with van der Waals surface area (Å²) < 4.78 is 33.2. The van der Waals surface area contributed by atoms with Crippen molar-refractivity contribution in [2.75, 3.05) is 39.6 Å². The lowest BCUT2D eigenvalue weighted by molar-refractivity contribution is -0.169. The number of hydrogen-bond acceptors (Lipinski definition) is 12. The summed E-state index contributed by atoms with van der Waals surface area (Å²) in [7, 11) is 0. The Morgan fingerprint density at radius 1 is 0.345 bits per heavy atom. The predicted octanol–water partition coefficient (Wildman–Crippen LogP) is 6.54. The van der Waals surface area contributed by atoms with Crippen LogP contribution in [0.2, 0.25) is 0 Å². The van der Waals surface area contributed by atoms with Crippen LogP contribution in [0.15, 0.2) is 121 Å². The molecule has 0 bridgehead atoms. The van der Waals surface area contributed by atoms with Crippen molar-refractivity contribution in [1.29, 1.82) is 0 Å². The van der Waals surface area contributed by atoms with Crippen molar-refractivity contribution in [3.05, 3.63) is 144 Å². The average Bonchev–Trinajstić information content (AvgIpc) is 3.22. The van der Waals surface area contributed by atoms with Crippen molar-refractivity contribution in [2.45, 2.75) is 27.7 Å². The molecule has 0 heterocycles. The summed E-state index contributed by atoms with van der Waals surface area (Å²) >= 11 is 0. The van der Waals surface area contributed by atoms with E-state index in [2.05, 4.69) is 0 Å². The van der Waals surface area contributed by atoms with E-state index < -0.39 is 78.5 Å². The summed E-state index contributed by atoms with van der Waals surface area (Å²) in [5, 5.41) is 0. The molecule has 288 valence electrons. The smallest absolute Gasteiger partial charge is 0.338 e. The van der Waals surface area contributed by atoms with Crippen molar-refractivity contribution in [3.63, 3.8) is 0 Å². The minimum Gasteiger partial charge on any atom is -0.464 e. The lowest BCUT2D eigenvalue weighted by Crippen LogP contribution is -2.43. The number of hydrogen-bond donors (Lipinski definition) is 0. The van der Waals surface area contributed by atoms with E-state index in [1.807, 2.05) is 0 Å². The van der Waals surface area contributed by atoms with Gasteiger partial charge in [0, 0.05) is 5.41 Å². The van der Waals surface area contributed by atoms with Gasteiger partial charge in [-0.2, -0.15) is 0 Å². The molecule has 0 saturated carbocycles. The molecule has 55 heavy (non-hydrogen) atoms. The third-order valence-electron chi connectivity index (χ3n) is 8.30. The van der Waals surface area contributed by atoms with Crippen LogP contribution in [0.1, 0.15) is 69.1 Å². The molecule has 0 aliphatic heterocycles. The van der Waals surface area contributed by atoms with E-state index in [1.54, 1.807) is 135 Å². The highest BCUT2D eigenvalue weighted by atomic mass is 16.6. The maximum Gasteiger partial charge on any atom is 0.338 e. The van der Waals surface area contributed by atoms with Crippen LogP contribution in [0, 0.1) is 16.2 Å². The van der Waals surface area contributed by atoms with Gasteiger partial charge in [0.2, 0.25) is 0 Å². The molecule has 0 atom stereocenters. The van der Waals surface area contributed by atoms with Gasteiger partial charge in [-0.1, -0.05) is 86.6 Å². The Bertz CT molecular complexity index is 1660.